The van der Waals surface area contributed by atoms with Crippen molar-refractivity contribution in [2.24, 2.45) is 4.99 Å². The molecule has 0 radical (unpaired) electrons. The Bertz CT molecular complexity index is 752. The van der Waals surface area contributed by atoms with Crippen LogP contribution in [0.2, 0.25) is 10.0 Å². The van der Waals surface area contributed by atoms with Crippen molar-refractivity contribution in [2.75, 3.05) is 0 Å². The highest BCUT2D eigenvalue weighted by atomic mass is 35.5. The van der Waals surface area contributed by atoms with Gasteiger partial charge >= 0.3 is 0 Å². The molecule has 0 N–H and O–H groups in total. The third-order valence-electron chi connectivity index (χ3n) is 2.47. The van der Waals surface area contributed by atoms with Gasteiger partial charge in [0.25, 0.3) is 0 Å². The van der Waals surface area contributed by atoms with E-state index in [4.69, 9.17) is 29.6 Å². The van der Waals surface area contributed by atoms with E-state index in [1.54, 1.807) is 23.6 Å². The van der Waals surface area contributed by atoms with Crippen molar-refractivity contribution in [1.82, 2.24) is 4.57 Å². The van der Waals surface area contributed by atoms with Gasteiger partial charge in [0.15, 0.2) is 4.80 Å². The number of thiazole rings is 1. The van der Waals surface area contributed by atoms with Gasteiger partial charge in [0.2, 0.25) is 5.91 Å². The number of benzene rings is 1. The summed E-state index contributed by atoms with van der Waals surface area (Å²) in [5, 5.41) is 1.04. The Morgan fingerprint density at radius 3 is 2.89 bits per heavy atom. The fraction of sp³-hybridized carbons (Fsp3) is 0.231. The van der Waals surface area contributed by atoms with Crippen LogP contribution in [0.15, 0.2) is 17.1 Å². The van der Waals surface area contributed by atoms with Crippen LogP contribution < -0.4 is 4.80 Å². The molecule has 1 amide bonds. The first-order valence-electron chi connectivity index (χ1n) is 5.56. The molecule has 0 aliphatic carbocycles. The van der Waals surface area contributed by atoms with Crippen molar-refractivity contribution >= 4 is 50.7 Å². The van der Waals surface area contributed by atoms with Crippen LogP contribution in [0.25, 0.3) is 10.2 Å². The third-order valence-corrected chi connectivity index (χ3v) is 4.00. The van der Waals surface area contributed by atoms with E-state index in [1.807, 2.05) is 0 Å². The van der Waals surface area contributed by atoms with Crippen molar-refractivity contribution in [3.05, 3.63) is 27.0 Å². The predicted octanol–water partition coefficient (Wildman–Crippen LogP) is 3.48. The average molecular weight is 313 g/mol. The second kappa shape index (κ2) is 5.79. The minimum atomic E-state index is -0.195. The SMILES string of the molecule is C#CCn1c(=NC(=O)CC)sc2cc(Cl)cc(Cl)c21. The smallest absolute Gasteiger partial charge is 0.248 e. The van der Waals surface area contributed by atoms with E-state index in [0.717, 1.165) is 10.2 Å². The molecule has 1 aromatic carbocycles. The quantitative estimate of drug-likeness (QED) is 0.782. The first-order valence-corrected chi connectivity index (χ1v) is 7.13. The van der Waals surface area contributed by atoms with Crippen LogP contribution in [0.4, 0.5) is 0 Å². The number of aromatic nitrogens is 1. The van der Waals surface area contributed by atoms with Crippen LogP contribution in [0, 0.1) is 12.3 Å². The van der Waals surface area contributed by atoms with E-state index >= 15 is 0 Å². The number of hydrogen-bond acceptors (Lipinski definition) is 2. The number of amides is 1. The first kappa shape index (κ1) is 14.1. The van der Waals surface area contributed by atoms with Gasteiger partial charge in [-0.25, -0.2) is 0 Å². The van der Waals surface area contributed by atoms with Gasteiger partial charge in [0, 0.05) is 11.4 Å². The van der Waals surface area contributed by atoms with E-state index in [1.165, 1.54) is 11.3 Å². The molecule has 0 saturated heterocycles. The van der Waals surface area contributed by atoms with E-state index in [2.05, 4.69) is 10.9 Å². The van der Waals surface area contributed by atoms with Gasteiger partial charge in [0.1, 0.15) is 0 Å². The maximum Gasteiger partial charge on any atom is 0.248 e. The summed E-state index contributed by atoms with van der Waals surface area (Å²) in [5.74, 6) is 2.35. The number of carbonyl (C=O) groups is 1. The highest BCUT2D eigenvalue weighted by Gasteiger charge is 2.11. The maximum absolute atomic E-state index is 11.5. The summed E-state index contributed by atoms with van der Waals surface area (Å²) in [6.45, 7) is 2.06. The topological polar surface area (TPSA) is 34.4 Å². The number of carbonyl (C=O) groups excluding carboxylic acids is 1. The first-order chi connectivity index (χ1) is 9.06. The van der Waals surface area contributed by atoms with Gasteiger partial charge in [-0.2, -0.15) is 4.99 Å². The Morgan fingerprint density at radius 1 is 1.53 bits per heavy atom. The molecule has 1 heterocycles. The molecule has 0 saturated carbocycles. The summed E-state index contributed by atoms with van der Waals surface area (Å²) in [6.07, 6.45) is 5.71. The summed E-state index contributed by atoms with van der Waals surface area (Å²) in [5.41, 5.74) is 0.761. The summed E-state index contributed by atoms with van der Waals surface area (Å²) < 4.78 is 2.61. The predicted molar refractivity (Wildman–Crippen MR) is 79.5 cm³/mol. The molecular weight excluding hydrogens is 303 g/mol. The summed E-state index contributed by atoms with van der Waals surface area (Å²) in [7, 11) is 0. The van der Waals surface area contributed by atoms with E-state index in [0.29, 0.717) is 27.8 Å². The molecule has 0 unspecified atom stereocenters. The standard InChI is InChI=1S/C13H10Cl2N2OS/c1-3-5-17-12-9(15)6-8(14)7-10(12)19-13(17)16-11(18)4-2/h1,6-7H,4-5H2,2H3. The summed E-state index contributed by atoms with van der Waals surface area (Å²) in [6, 6.07) is 3.44. The lowest BCUT2D eigenvalue weighted by atomic mass is 10.3. The zero-order valence-electron chi connectivity index (χ0n) is 10.1. The number of terminal acetylenes is 1. The van der Waals surface area contributed by atoms with Gasteiger partial charge in [-0.15, -0.1) is 6.42 Å². The van der Waals surface area contributed by atoms with Crippen molar-refractivity contribution in [3.63, 3.8) is 0 Å². The highest BCUT2D eigenvalue weighted by Crippen LogP contribution is 2.29. The van der Waals surface area contributed by atoms with E-state index in [9.17, 15) is 4.79 Å². The second-order valence-electron chi connectivity index (χ2n) is 3.77. The minimum absolute atomic E-state index is 0.195. The molecular formula is C13H10Cl2N2OS. The van der Waals surface area contributed by atoms with Gasteiger partial charge in [-0.3, -0.25) is 4.79 Å². The molecule has 0 spiro atoms. The summed E-state index contributed by atoms with van der Waals surface area (Å²) in [4.78, 5) is 16.1. The van der Waals surface area contributed by atoms with Crippen LogP contribution in [-0.4, -0.2) is 10.5 Å². The number of halogens is 2. The van der Waals surface area contributed by atoms with Gasteiger partial charge in [0.05, 0.1) is 21.8 Å². The van der Waals surface area contributed by atoms with Crippen molar-refractivity contribution in [1.29, 1.82) is 0 Å². The molecule has 0 fully saturated rings. The zero-order valence-corrected chi connectivity index (χ0v) is 12.4. The Balaban J connectivity index is 2.82. The fourth-order valence-electron chi connectivity index (χ4n) is 1.64. The molecule has 98 valence electrons. The molecule has 0 aliphatic rings. The van der Waals surface area contributed by atoms with Crippen LogP contribution in [0.3, 0.4) is 0 Å². The van der Waals surface area contributed by atoms with Crippen LogP contribution in [-0.2, 0) is 11.3 Å². The molecule has 19 heavy (non-hydrogen) atoms. The second-order valence-corrected chi connectivity index (χ2v) is 5.62. The number of rotatable bonds is 2. The van der Waals surface area contributed by atoms with Crippen molar-refractivity contribution < 1.29 is 4.79 Å². The molecule has 1 aromatic heterocycles. The number of hydrogen-bond donors (Lipinski definition) is 0. The van der Waals surface area contributed by atoms with Gasteiger partial charge in [-0.1, -0.05) is 47.4 Å². The fourth-order valence-corrected chi connectivity index (χ4v) is 3.47. The Labute approximate surface area is 124 Å². The normalized spacial score (nSPS) is 11.8. The number of nitrogens with zero attached hydrogens (tertiary/aromatic N) is 2. The van der Waals surface area contributed by atoms with Crippen LogP contribution >= 0.6 is 34.5 Å². The van der Waals surface area contributed by atoms with Gasteiger partial charge < -0.3 is 4.57 Å². The lowest BCUT2D eigenvalue weighted by Gasteiger charge is -2.02. The Hall–Kier alpha value is -1.28. The maximum atomic E-state index is 11.5. The molecule has 3 nitrogen and oxygen atoms in total. The number of fused-ring (bicyclic) bond motifs is 1. The zero-order chi connectivity index (χ0) is 14.0. The minimum Gasteiger partial charge on any atom is -0.303 e. The van der Waals surface area contributed by atoms with E-state index < -0.39 is 0 Å². The Kier molecular flexibility index (Phi) is 4.31. The lowest BCUT2D eigenvalue weighted by Crippen LogP contribution is -2.16. The molecule has 2 aromatic rings. The average Bonchev–Trinajstić information content (AvgIpc) is 2.67. The van der Waals surface area contributed by atoms with E-state index in [-0.39, 0.29) is 5.91 Å². The van der Waals surface area contributed by atoms with Crippen LogP contribution in [0.5, 0.6) is 0 Å². The Morgan fingerprint density at radius 2 is 2.26 bits per heavy atom. The van der Waals surface area contributed by atoms with Gasteiger partial charge in [-0.05, 0) is 12.1 Å². The third kappa shape index (κ3) is 2.84. The van der Waals surface area contributed by atoms with Crippen LogP contribution in [0.1, 0.15) is 13.3 Å². The molecule has 0 aliphatic heterocycles. The summed E-state index contributed by atoms with van der Waals surface area (Å²) >= 11 is 13.5. The molecule has 2 rings (SSSR count). The highest BCUT2D eigenvalue weighted by molar-refractivity contribution is 7.16. The monoisotopic (exact) mass is 312 g/mol. The van der Waals surface area contributed by atoms with Crippen molar-refractivity contribution in [3.8, 4) is 12.3 Å². The lowest BCUT2D eigenvalue weighted by molar-refractivity contribution is -0.117. The van der Waals surface area contributed by atoms with Crippen molar-refractivity contribution in [2.45, 2.75) is 19.9 Å². The molecule has 0 bridgehead atoms. The molecule has 6 heteroatoms. The molecule has 0 atom stereocenters. The largest absolute Gasteiger partial charge is 0.303 e.